The summed E-state index contributed by atoms with van der Waals surface area (Å²) >= 11 is 0. The molecule has 0 unspecified atom stereocenters. The Kier molecular flexibility index (Phi) is 6.30. The van der Waals surface area contributed by atoms with Crippen molar-refractivity contribution < 1.29 is 14.2 Å². The van der Waals surface area contributed by atoms with Gasteiger partial charge in [0.2, 0.25) is 5.88 Å². The Morgan fingerprint density at radius 2 is 1.94 bits per heavy atom. The first-order chi connectivity index (χ1) is 16.2. The molecule has 9 heteroatoms. The van der Waals surface area contributed by atoms with Crippen molar-refractivity contribution in [1.29, 1.82) is 0 Å². The number of rotatable bonds is 9. The summed E-state index contributed by atoms with van der Waals surface area (Å²) in [4.78, 5) is 13.1. The highest BCUT2D eigenvalue weighted by Crippen LogP contribution is 2.28. The van der Waals surface area contributed by atoms with Crippen LogP contribution in [0.25, 0.3) is 10.9 Å². The fourth-order valence-corrected chi connectivity index (χ4v) is 4.04. The highest BCUT2D eigenvalue weighted by atomic mass is 16.5. The predicted octanol–water partition coefficient (Wildman–Crippen LogP) is 3.62. The minimum absolute atomic E-state index is 0.494. The van der Waals surface area contributed by atoms with Crippen LogP contribution >= 0.6 is 0 Å². The smallest absolute Gasteiger partial charge is 0.219 e. The molecule has 4 aromatic rings. The summed E-state index contributed by atoms with van der Waals surface area (Å²) < 4.78 is 13.6. The third-order valence-corrected chi connectivity index (χ3v) is 5.71. The van der Waals surface area contributed by atoms with E-state index in [0.29, 0.717) is 30.1 Å². The number of aromatic amines is 1. The minimum Gasteiger partial charge on any atom is -0.491 e. The van der Waals surface area contributed by atoms with Gasteiger partial charge in [0.1, 0.15) is 30.3 Å². The zero-order chi connectivity index (χ0) is 22.5. The maximum Gasteiger partial charge on any atom is 0.219 e. The molecule has 0 aliphatic heterocycles. The molecule has 3 N–H and O–H groups in total. The molecule has 33 heavy (non-hydrogen) atoms. The number of hydrogen-bond donors (Lipinski definition) is 3. The summed E-state index contributed by atoms with van der Waals surface area (Å²) in [6.45, 7) is 1.47. The lowest BCUT2D eigenvalue weighted by atomic mass is 10.2. The molecule has 0 radical (unpaired) electrons. The largest absolute Gasteiger partial charge is 0.491 e. The molecule has 5 rings (SSSR count). The molecule has 9 nitrogen and oxygen atoms in total. The van der Waals surface area contributed by atoms with Crippen LogP contribution in [0.2, 0.25) is 0 Å². The van der Waals surface area contributed by atoms with Crippen molar-refractivity contribution in [2.45, 2.75) is 31.7 Å². The molecular formula is C24H28N7O2+. The number of nitrogens with zero attached hydrogens (tertiary/aromatic N) is 4. The van der Waals surface area contributed by atoms with Crippen LogP contribution in [0.4, 0.5) is 11.6 Å². The first-order valence-electron chi connectivity index (χ1n) is 11.3. The number of pyridine rings is 1. The fourth-order valence-electron chi connectivity index (χ4n) is 4.04. The van der Waals surface area contributed by atoms with E-state index in [4.69, 9.17) is 9.47 Å². The lowest BCUT2D eigenvalue weighted by Gasteiger charge is -2.12. The number of ether oxygens (including phenoxy) is 2. The second kappa shape index (κ2) is 9.83. The number of aryl methyl sites for hydroxylation is 1. The van der Waals surface area contributed by atoms with E-state index < -0.39 is 0 Å². The quantitative estimate of drug-likeness (QED) is 0.267. The summed E-state index contributed by atoms with van der Waals surface area (Å²) in [5.41, 5.74) is 0.818. The Morgan fingerprint density at radius 1 is 1.06 bits per heavy atom. The summed E-state index contributed by atoms with van der Waals surface area (Å²) in [7, 11) is 1.92. The number of aromatic nitrogens is 5. The van der Waals surface area contributed by atoms with Crippen molar-refractivity contribution in [2.24, 2.45) is 7.05 Å². The highest BCUT2D eigenvalue weighted by molar-refractivity contribution is 5.91. The lowest BCUT2D eigenvalue weighted by molar-refractivity contribution is -0.725. The molecular weight excluding hydrogens is 418 g/mol. The van der Waals surface area contributed by atoms with Gasteiger partial charge in [-0.25, -0.2) is 15.0 Å². The average Bonchev–Trinajstić information content (AvgIpc) is 3.50. The van der Waals surface area contributed by atoms with E-state index in [9.17, 15) is 0 Å². The van der Waals surface area contributed by atoms with E-state index >= 15 is 0 Å². The van der Waals surface area contributed by atoms with Gasteiger partial charge in [-0.1, -0.05) is 12.8 Å². The SMILES string of the molecule is C[n+]1ccc(Nc2ncnc3ccc(Oc4ccc(OCCNC5CCCC5)cn4)cc23)[nH]1. The van der Waals surface area contributed by atoms with Gasteiger partial charge in [0.15, 0.2) is 19.1 Å². The van der Waals surface area contributed by atoms with E-state index in [2.05, 4.69) is 30.7 Å². The first-order valence-corrected chi connectivity index (χ1v) is 11.3. The molecule has 1 aliphatic carbocycles. The van der Waals surface area contributed by atoms with Gasteiger partial charge < -0.3 is 20.1 Å². The molecule has 1 saturated carbocycles. The molecule has 170 valence electrons. The summed E-state index contributed by atoms with van der Waals surface area (Å²) in [5.74, 6) is 3.40. The molecule has 3 aromatic heterocycles. The normalized spacial score (nSPS) is 14.0. The third kappa shape index (κ3) is 5.38. The van der Waals surface area contributed by atoms with Crippen molar-refractivity contribution in [1.82, 2.24) is 25.4 Å². The zero-order valence-corrected chi connectivity index (χ0v) is 18.6. The van der Waals surface area contributed by atoms with E-state index in [-0.39, 0.29) is 0 Å². The van der Waals surface area contributed by atoms with Crippen molar-refractivity contribution in [3.05, 3.63) is 55.1 Å². The molecule has 1 aliphatic rings. The Hall–Kier alpha value is -3.72. The lowest BCUT2D eigenvalue weighted by Crippen LogP contribution is -2.30. The van der Waals surface area contributed by atoms with E-state index in [0.717, 1.165) is 29.0 Å². The summed E-state index contributed by atoms with van der Waals surface area (Å²) in [6.07, 6.45) is 10.4. The molecule has 0 bridgehead atoms. The molecule has 0 amide bonds. The number of fused-ring (bicyclic) bond motifs is 1. The van der Waals surface area contributed by atoms with Crippen LogP contribution < -0.4 is 24.8 Å². The fraction of sp³-hybridized carbons (Fsp3) is 0.333. The molecule has 0 atom stereocenters. The Bertz CT molecular complexity index is 1200. The maximum atomic E-state index is 5.97. The van der Waals surface area contributed by atoms with Crippen LogP contribution in [0.3, 0.4) is 0 Å². The summed E-state index contributed by atoms with van der Waals surface area (Å²) in [6, 6.07) is 11.9. The van der Waals surface area contributed by atoms with Crippen LogP contribution in [0, 0.1) is 0 Å². The van der Waals surface area contributed by atoms with Gasteiger partial charge in [0, 0.05) is 24.0 Å². The molecule has 0 saturated heterocycles. The van der Waals surface area contributed by atoms with Crippen molar-refractivity contribution in [3.8, 4) is 17.4 Å². The summed E-state index contributed by atoms with van der Waals surface area (Å²) in [5, 5.41) is 10.8. The minimum atomic E-state index is 0.494. The monoisotopic (exact) mass is 446 g/mol. The molecule has 1 fully saturated rings. The van der Waals surface area contributed by atoms with Gasteiger partial charge in [0.25, 0.3) is 0 Å². The van der Waals surface area contributed by atoms with Crippen LogP contribution in [-0.4, -0.2) is 39.2 Å². The molecule has 3 heterocycles. The van der Waals surface area contributed by atoms with Gasteiger partial charge in [-0.05, 0) is 37.1 Å². The zero-order valence-electron chi connectivity index (χ0n) is 18.6. The van der Waals surface area contributed by atoms with Gasteiger partial charge in [-0.3, -0.25) is 0 Å². The van der Waals surface area contributed by atoms with Crippen molar-refractivity contribution >= 4 is 22.5 Å². The topological polar surface area (TPSA) is 101 Å². The van der Waals surface area contributed by atoms with E-state index in [1.54, 1.807) is 6.20 Å². The molecule has 1 aromatic carbocycles. The van der Waals surface area contributed by atoms with Crippen molar-refractivity contribution in [2.75, 3.05) is 18.5 Å². The van der Waals surface area contributed by atoms with Gasteiger partial charge in [-0.15, -0.1) is 9.78 Å². The number of H-pyrrole nitrogens is 1. The number of anilines is 2. The van der Waals surface area contributed by atoms with Gasteiger partial charge >= 0.3 is 0 Å². The van der Waals surface area contributed by atoms with E-state index in [1.165, 1.54) is 32.0 Å². The van der Waals surface area contributed by atoms with Gasteiger partial charge in [0.05, 0.1) is 17.8 Å². The van der Waals surface area contributed by atoms with Crippen LogP contribution in [0.5, 0.6) is 17.4 Å². The first kappa shape index (κ1) is 21.1. The second-order valence-corrected chi connectivity index (χ2v) is 8.20. The number of benzene rings is 1. The van der Waals surface area contributed by atoms with Gasteiger partial charge in [-0.2, -0.15) is 0 Å². The standard InChI is InChI=1S/C24H27N7O2/c1-31-12-10-22(30-31)29-24-20-14-18(6-8-21(20)27-16-28-24)33-23-9-7-19(15-26-23)32-13-11-25-17-4-2-3-5-17/h6-10,12,14-17,25H,2-5,11,13H2,1H3,(H,27,28,29,30)/p+1. The third-order valence-electron chi connectivity index (χ3n) is 5.71. The maximum absolute atomic E-state index is 5.97. The van der Waals surface area contributed by atoms with Crippen LogP contribution in [-0.2, 0) is 7.05 Å². The predicted molar refractivity (Wildman–Crippen MR) is 125 cm³/mol. The second-order valence-electron chi connectivity index (χ2n) is 8.20. The molecule has 0 spiro atoms. The van der Waals surface area contributed by atoms with Crippen LogP contribution in [0.15, 0.2) is 55.1 Å². The Morgan fingerprint density at radius 3 is 2.73 bits per heavy atom. The average molecular weight is 447 g/mol. The van der Waals surface area contributed by atoms with Crippen molar-refractivity contribution in [3.63, 3.8) is 0 Å². The Balaban J connectivity index is 1.21. The number of nitrogens with one attached hydrogen (secondary N) is 3. The van der Waals surface area contributed by atoms with E-state index in [1.807, 2.05) is 54.3 Å². The van der Waals surface area contributed by atoms with Crippen LogP contribution in [0.1, 0.15) is 25.7 Å². The number of hydrogen-bond acceptors (Lipinski definition) is 7. The Labute approximate surface area is 192 Å². The highest BCUT2D eigenvalue weighted by Gasteiger charge is 2.13.